The zero-order valence-electron chi connectivity index (χ0n) is 22.6. The molecule has 220 valence electrons. The molecule has 17 nitrogen and oxygen atoms in total. The van der Waals surface area contributed by atoms with Gasteiger partial charge < -0.3 is 24.8 Å². The number of carbonyl (C=O) groups excluding carboxylic acids is 1. The number of nitrogens with two attached hydrogens (primary N) is 1. The molecule has 6 atom stereocenters. The third-order valence-electron chi connectivity index (χ3n) is 6.15. The second-order valence-corrected chi connectivity index (χ2v) is 11.4. The van der Waals surface area contributed by atoms with Gasteiger partial charge in [0.2, 0.25) is 5.95 Å². The van der Waals surface area contributed by atoms with Gasteiger partial charge in [0, 0.05) is 4.91 Å². The van der Waals surface area contributed by atoms with E-state index in [1.54, 1.807) is 32.0 Å². The van der Waals surface area contributed by atoms with E-state index in [1.165, 1.54) is 36.9 Å². The zero-order valence-corrected chi connectivity index (χ0v) is 23.5. The molecular formula is C23H30N9O8P. The lowest BCUT2D eigenvalue weighted by Gasteiger charge is -2.28. The number of carbonyl (C=O) groups is 1. The van der Waals surface area contributed by atoms with Gasteiger partial charge in [-0.3, -0.25) is 23.7 Å². The molecule has 1 unspecified atom stereocenters. The Kier molecular flexibility index (Phi) is 8.68. The maximum Gasteiger partial charge on any atom is 0.459 e. The van der Waals surface area contributed by atoms with Gasteiger partial charge in [-0.25, -0.2) is 9.55 Å². The number of esters is 1. The molecule has 2 aromatic heterocycles. The van der Waals surface area contributed by atoms with E-state index in [4.69, 9.17) is 24.3 Å². The lowest BCUT2D eigenvalue weighted by Crippen LogP contribution is -2.43. The summed E-state index contributed by atoms with van der Waals surface area (Å²) >= 11 is 0. The molecule has 0 amide bonds. The second-order valence-electron chi connectivity index (χ2n) is 9.70. The fraction of sp³-hybridized carbons (Fsp3) is 0.478. The summed E-state index contributed by atoms with van der Waals surface area (Å²) in [5.41, 5.74) is 12.7. The van der Waals surface area contributed by atoms with Crippen LogP contribution in [-0.4, -0.2) is 67.1 Å². The molecule has 1 fully saturated rings. The number of nitrogens with zero attached hydrogens (tertiary/aromatic N) is 6. The minimum atomic E-state index is -4.30. The van der Waals surface area contributed by atoms with Gasteiger partial charge in [-0.2, -0.15) is 10.1 Å². The predicted octanol–water partition coefficient (Wildman–Crippen LogP) is 2.16. The molecule has 1 aliphatic heterocycles. The summed E-state index contributed by atoms with van der Waals surface area (Å²) in [7, 11) is -4.30. The van der Waals surface area contributed by atoms with Crippen LogP contribution in [-0.2, 0) is 23.4 Å². The van der Waals surface area contributed by atoms with E-state index >= 15 is 0 Å². The summed E-state index contributed by atoms with van der Waals surface area (Å²) in [5, 5.41) is 17.5. The van der Waals surface area contributed by atoms with Crippen molar-refractivity contribution in [2.24, 2.45) is 5.11 Å². The lowest BCUT2D eigenvalue weighted by atomic mass is 9.93. The van der Waals surface area contributed by atoms with Crippen molar-refractivity contribution in [3.8, 4) is 5.75 Å². The van der Waals surface area contributed by atoms with Crippen molar-refractivity contribution >= 4 is 30.8 Å². The number of benzene rings is 1. The van der Waals surface area contributed by atoms with E-state index in [9.17, 15) is 24.8 Å². The molecule has 0 radical (unpaired) electrons. The number of rotatable bonds is 11. The quantitative estimate of drug-likeness (QED) is 0.0824. The molecule has 0 saturated carbocycles. The number of aromatic nitrogens is 4. The number of para-hydroxylation sites is 1. The van der Waals surface area contributed by atoms with Gasteiger partial charge in [0.05, 0.1) is 25.1 Å². The van der Waals surface area contributed by atoms with E-state index in [-0.39, 0.29) is 22.9 Å². The van der Waals surface area contributed by atoms with Crippen LogP contribution >= 0.6 is 7.75 Å². The van der Waals surface area contributed by atoms with Gasteiger partial charge in [0.1, 0.15) is 23.4 Å². The number of aliphatic hydroxyl groups excluding tert-OH is 1. The number of anilines is 1. The zero-order chi connectivity index (χ0) is 29.9. The molecule has 0 bridgehead atoms. The molecule has 41 heavy (non-hydrogen) atoms. The maximum absolute atomic E-state index is 13.8. The van der Waals surface area contributed by atoms with Gasteiger partial charge in [-0.15, -0.1) is 0 Å². The number of nitrogen functional groups attached to an aromatic ring is 1. The molecule has 3 aromatic rings. The van der Waals surface area contributed by atoms with Gasteiger partial charge in [0.15, 0.2) is 17.4 Å². The number of H-pyrrole nitrogens is 1. The van der Waals surface area contributed by atoms with Crippen molar-refractivity contribution in [2.75, 3.05) is 12.3 Å². The van der Waals surface area contributed by atoms with Crippen LogP contribution in [0.15, 0.2) is 46.6 Å². The first-order valence-electron chi connectivity index (χ1n) is 12.5. The van der Waals surface area contributed by atoms with Crippen LogP contribution in [0.3, 0.4) is 0 Å². The molecule has 1 saturated heterocycles. The number of aromatic amines is 1. The third-order valence-corrected chi connectivity index (χ3v) is 7.80. The molecule has 1 aromatic carbocycles. The average molecular weight is 592 g/mol. The smallest absolute Gasteiger partial charge is 0.459 e. The molecule has 0 aliphatic carbocycles. The van der Waals surface area contributed by atoms with E-state index < -0.39 is 62.0 Å². The Morgan fingerprint density at radius 2 is 2.10 bits per heavy atom. The highest BCUT2D eigenvalue weighted by atomic mass is 31.2. The van der Waals surface area contributed by atoms with Crippen LogP contribution in [0.25, 0.3) is 21.6 Å². The van der Waals surface area contributed by atoms with Gasteiger partial charge in [0.25, 0.3) is 5.56 Å². The maximum atomic E-state index is 13.8. The number of hydrogen-bond acceptors (Lipinski definition) is 12. The summed E-state index contributed by atoms with van der Waals surface area (Å²) in [4.78, 5) is 38.0. The molecule has 18 heteroatoms. The fourth-order valence-corrected chi connectivity index (χ4v) is 5.71. The van der Waals surface area contributed by atoms with E-state index in [2.05, 4.69) is 30.1 Å². The van der Waals surface area contributed by atoms with Crippen molar-refractivity contribution < 1.29 is 33.0 Å². The largest absolute Gasteiger partial charge is 0.462 e. The normalized spacial score (nSPS) is 24.5. The summed E-state index contributed by atoms with van der Waals surface area (Å²) in [6.45, 7) is 5.64. The monoisotopic (exact) mass is 591 g/mol. The Labute approximate surface area is 233 Å². The summed E-state index contributed by atoms with van der Waals surface area (Å²) in [6.07, 6.45) is -3.17. The minimum absolute atomic E-state index is 0.0154. The van der Waals surface area contributed by atoms with Gasteiger partial charge in [-0.1, -0.05) is 23.3 Å². The van der Waals surface area contributed by atoms with Crippen LogP contribution in [0, 0.1) is 0 Å². The van der Waals surface area contributed by atoms with Crippen LogP contribution in [0.4, 0.5) is 5.95 Å². The standard InChI is InChI=1S/C23H30N9O8P/c1-12(2)38-20(35)13(3)29-41(36,40-14-8-6-5-7-9-14)37-10-15-17(33)23(4,30-31-25)21(39-15)32-11-26-16-18(32)27-22(24)28-19(16)34/h5-9,11-13,15,17,21,33H,10H2,1-4H3,(H,29,36)(H3,24,27,28,34)/t13-,15-,17-,21-,23-,41?/m1/s1. The minimum Gasteiger partial charge on any atom is -0.462 e. The molecule has 0 spiro atoms. The molecular weight excluding hydrogens is 561 g/mol. The van der Waals surface area contributed by atoms with Crippen molar-refractivity contribution in [1.29, 1.82) is 0 Å². The average Bonchev–Trinajstić information content (AvgIpc) is 3.42. The number of ether oxygens (including phenoxy) is 2. The molecule has 3 heterocycles. The SMILES string of the molecule is CC(C)OC(=O)[C@@H](C)NP(=O)(OC[C@H]1O[C@@H](n2cnc3c(=O)[nH]c(N)nc32)[C@](C)(N=[N+]=[N-])[C@@H]1O)Oc1ccccc1. The Balaban J connectivity index is 1.62. The molecule has 1 aliphatic rings. The Morgan fingerprint density at radius 1 is 1.39 bits per heavy atom. The summed E-state index contributed by atoms with van der Waals surface area (Å²) < 4.78 is 37.6. The molecule has 4 rings (SSSR count). The number of azide groups is 1. The first-order valence-corrected chi connectivity index (χ1v) is 14.0. The highest BCUT2D eigenvalue weighted by Crippen LogP contribution is 2.48. The number of imidazole rings is 1. The highest BCUT2D eigenvalue weighted by molar-refractivity contribution is 7.52. The Hall–Kier alpha value is -3.98. The number of nitrogens with one attached hydrogen (secondary N) is 2. The van der Waals surface area contributed by atoms with Gasteiger partial charge >= 0.3 is 13.7 Å². The van der Waals surface area contributed by atoms with Crippen LogP contribution < -0.4 is 20.9 Å². The van der Waals surface area contributed by atoms with E-state index in [1.807, 2.05) is 0 Å². The lowest BCUT2D eigenvalue weighted by molar-refractivity contribution is -0.149. The fourth-order valence-electron chi connectivity index (χ4n) is 4.20. The number of hydrogen-bond donors (Lipinski definition) is 4. The first-order chi connectivity index (χ1) is 19.4. The summed E-state index contributed by atoms with van der Waals surface area (Å²) in [5.74, 6) is -0.707. The van der Waals surface area contributed by atoms with Gasteiger partial charge in [-0.05, 0) is 45.4 Å². The van der Waals surface area contributed by atoms with Crippen LogP contribution in [0.2, 0.25) is 0 Å². The van der Waals surface area contributed by atoms with Crippen LogP contribution in [0.5, 0.6) is 5.75 Å². The summed E-state index contributed by atoms with van der Waals surface area (Å²) in [6, 6.07) is 7.00. The highest BCUT2D eigenvalue weighted by Gasteiger charge is 2.55. The first kappa shape index (κ1) is 30.0. The van der Waals surface area contributed by atoms with Crippen molar-refractivity contribution in [3.05, 3.63) is 57.5 Å². The Bertz CT molecular complexity index is 1560. The van der Waals surface area contributed by atoms with Crippen molar-refractivity contribution in [3.63, 3.8) is 0 Å². The third kappa shape index (κ3) is 6.35. The van der Waals surface area contributed by atoms with Crippen molar-refractivity contribution in [2.45, 2.75) is 63.8 Å². The Morgan fingerprint density at radius 3 is 2.76 bits per heavy atom. The number of aliphatic hydroxyl groups is 1. The predicted molar refractivity (Wildman–Crippen MR) is 144 cm³/mol. The second kappa shape index (κ2) is 11.9. The topological polar surface area (TPSA) is 242 Å². The van der Waals surface area contributed by atoms with Crippen molar-refractivity contribution in [1.82, 2.24) is 24.6 Å². The molecule has 5 N–H and O–H groups in total. The number of fused-ring (bicyclic) bond motifs is 1. The van der Waals surface area contributed by atoms with E-state index in [0.717, 1.165) is 0 Å². The van der Waals surface area contributed by atoms with E-state index in [0.29, 0.717) is 0 Å². The van der Waals surface area contributed by atoms with Crippen LogP contribution in [0.1, 0.15) is 33.9 Å².